The van der Waals surface area contributed by atoms with Crippen molar-refractivity contribution in [1.29, 1.82) is 0 Å². The Labute approximate surface area is 157 Å². The first-order valence-electron chi connectivity index (χ1n) is 9.02. The molecule has 1 saturated heterocycles. The number of nitrogens with one attached hydrogen (secondary N) is 1. The van der Waals surface area contributed by atoms with Crippen molar-refractivity contribution in [3.05, 3.63) is 23.9 Å². The third-order valence-corrected chi connectivity index (χ3v) is 4.64. The topological polar surface area (TPSA) is 57.7 Å². The second-order valence-corrected chi connectivity index (χ2v) is 7.12. The summed E-state index contributed by atoms with van der Waals surface area (Å²) >= 11 is 0. The lowest BCUT2D eigenvalue weighted by Gasteiger charge is -2.39. The van der Waals surface area contributed by atoms with Gasteiger partial charge in [-0.15, -0.1) is 0 Å². The molecular weight excluding hydrogens is 361 g/mol. The van der Waals surface area contributed by atoms with Crippen molar-refractivity contribution in [1.82, 2.24) is 20.1 Å². The summed E-state index contributed by atoms with van der Waals surface area (Å²) in [5, 5.41) is 2.83. The van der Waals surface area contributed by atoms with E-state index in [-0.39, 0.29) is 17.5 Å². The van der Waals surface area contributed by atoms with Gasteiger partial charge in [-0.1, -0.05) is 13.8 Å². The third-order valence-electron chi connectivity index (χ3n) is 4.64. The van der Waals surface area contributed by atoms with Gasteiger partial charge in [-0.05, 0) is 25.1 Å². The lowest BCUT2D eigenvalue weighted by atomic mass is 10.0. The molecule has 0 saturated carbocycles. The van der Waals surface area contributed by atoms with Crippen LogP contribution in [0, 0.1) is 5.92 Å². The van der Waals surface area contributed by atoms with Crippen LogP contribution in [0.25, 0.3) is 0 Å². The van der Waals surface area contributed by atoms with Crippen LogP contribution in [-0.2, 0) is 0 Å². The molecule has 2 rings (SSSR count). The average molecular weight is 388 g/mol. The fourth-order valence-electron chi connectivity index (χ4n) is 3.06. The van der Waals surface area contributed by atoms with E-state index in [2.05, 4.69) is 41.0 Å². The lowest BCUT2D eigenvalue weighted by molar-refractivity contribution is -0.154. The molecule has 0 aromatic carbocycles. The van der Waals surface area contributed by atoms with E-state index in [0.29, 0.717) is 12.5 Å². The highest BCUT2D eigenvalue weighted by molar-refractivity contribution is 5.96. The Balaban J connectivity index is 1.99. The van der Waals surface area contributed by atoms with Gasteiger partial charge in [-0.2, -0.15) is 13.2 Å². The lowest BCUT2D eigenvalue weighted by Crippen LogP contribution is -2.54. The minimum Gasteiger partial charge on any atom is -0.467 e. The Morgan fingerprint density at radius 2 is 1.96 bits per heavy atom. The second kappa shape index (κ2) is 9.36. The number of amides is 1. The summed E-state index contributed by atoms with van der Waals surface area (Å²) in [6.07, 6.45) is -3.20. The highest BCUT2D eigenvalue weighted by atomic mass is 19.4. The molecule has 1 aliphatic rings. The second-order valence-electron chi connectivity index (χ2n) is 7.12. The van der Waals surface area contributed by atoms with E-state index in [1.807, 2.05) is 0 Å². The van der Waals surface area contributed by atoms with Gasteiger partial charge < -0.3 is 15.0 Å². The molecule has 1 atom stereocenters. The molecule has 0 spiro atoms. The first-order valence-corrected chi connectivity index (χ1v) is 9.02. The maximum atomic E-state index is 12.5. The minimum atomic E-state index is -4.49. The zero-order valence-electron chi connectivity index (χ0n) is 15.9. The molecule has 1 N–H and O–H groups in total. The van der Waals surface area contributed by atoms with Gasteiger partial charge in [0.15, 0.2) is 6.61 Å². The van der Waals surface area contributed by atoms with Crippen LogP contribution in [0.1, 0.15) is 24.2 Å². The number of hydrogen-bond donors (Lipinski definition) is 1. The molecular formula is C18H27F3N4O2. The normalized spacial score (nSPS) is 17.7. The molecule has 0 radical (unpaired) electrons. The van der Waals surface area contributed by atoms with E-state index < -0.39 is 18.7 Å². The number of likely N-dealkylation sites (N-methyl/N-ethyl adjacent to an activating group) is 1. The number of carbonyl (C=O) groups is 1. The fourth-order valence-corrected chi connectivity index (χ4v) is 3.06. The Morgan fingerprint density at radius 3 is 2.56 bits per heavy atom. The molecule has 152 valence electrons. The van der Waals surface area contributed by atoms with Crippen molar-refractivity contribution in [2.45, 2.75) is 26.1 Å². The molecule has 6 nitrogen and oxygen atoms in total. The summed E-state index contributed by atoms with van der Waals surface area (Å²) in [4.78, 5) is 20.9. The van der Waals surface area contributed by atoms with Crippen molar-refractivity contribution in [3.8, 4) is 5.88 Å². The van der Waals surface area contributed by atoms with Gasteiger partial charge in [-0.25, -0.2) is 4.98 Å². The first-order chi connectivity index (χ1) is 12.7. The molecule has 2 heterocycles. The first kappa shape index (κ1) is 21.4. The maximum absolute atomic E-state index is 12.5. The summed E-state index contributed by atoms with van der Waals surface area (Å²) < 4.78 is 41.9. The van der Waals surface area contributed by atoms with Gasteiger partial charge in [0.05, 0.1) is 0 Å². The molecule has 0 bridgehead atoms. The van der Waals surface area contributed by atoms with Crippen LogP contribution >= 0.6 is 0 Å². The predicted octanol–water partition coefficient (Wildman–Crippen LogP) is 2.02. The van der Waals surface area contributed by atoms with E-state index >= 15 is 0 Å². The van der Waals surface area contributed by atoms with E-state index in [4.69, 9.17) is 4.74 Å². The van der Waals surface area contributed by atoms with Crippen molar-refractivity contribution in [2.24, 2.45) is 5.92 Å². The summed E-state index contributed by atoms with van der Waals surface area (Å²) in [6.45, 7) is 6.89. The molecule has 27 heavy (non-hydrogen) atoms. The summed E-state index contributed by atoms with van der Waals surface area (Å²) in [5.41, 5.74) is 0.00244. The van der Waals surface area contributed by atoms with Gasteiger partial charge in [0.1, 0.15) is 5.56 Å². The van der Waals surface area contributed by atoms with Gasteiger partial charge in [0, 0.05) is 45.0 Å². The van der Waals surface area contributed by atoms with Crippen LogP contribution in [0.15, 0.2) is 18.3 Å². The van der Waals surface area contributed by atoms with Gasteiger partial charge in [0.2, 0.25) is 5.88 Å². The quantitative estimate of drug-likeness (QED) is 0.775. The number of pyridine rings is 1. The highest BCUT2D eigenvalue weighted by Gasteiger charge is 2.30. The molecule has 1 aromatic rings. The SMILES string of the molecule is CC(C)C(CNC(=O)c1cccnc1OCC(F)(F)F)N1CCN(C)CC1. The van der Waals surface area contributed by atoms with Crippen LogP contribution in [-0.4, -0.2) is 79.3 Å². The van der Waals surface area contributed by atoms with Crippen molar-refractivity contribution < 1.29 is 22.7 Å². The van der Waals surface area contributed by atoms with Crippen molar-refractivity contribution in [3.63, 3.8) is 0 Å². The highest BCUT2D eigenvalue weighted by Crippen LogP contribution is 2.20. The Bertz CT molecular complexity index is 617. The zero-order valence-corrected chi connectivity index (χ0v) is 15.9. The molecule has 0 aliphatic carbocycles. The standard InChI is InChI=1S/C18H27F3N4O2/c1-13(2)15(25-9-7-24(3)8-10-25)11-23-16(26)14-5-4-6-22-17(14)27-12-18(19,20)21/h4-6,13,15H,7-12H2,1-3H3,(H,23,26). The van der Waals surface area contributed by atoms with Gasteiger partial charge >= 0.3 is 6.18 Å². The number of aromatic nitrogens is 1. The molecule has 9 heteroatoms. The molecule has 1 aliphatic heterocycles. The molecule has 1 unspecified atom stereocenters. The average Bonchev–Trinajstić information content (AvgIpc) is 2.61. The van der Waals surface area contributed by atoms with Gasteiger partial charge in [-0.3, -0.25) is 9.69 Å². The number of piperazine rings is 1. The predicted molar refractivity (Wildman–Crippen MR) is 95.8 cm³/mol. The van der Waals surface area contributed by atoms with Crippen molar-refractivity contribution in [2.75, 3.05) is 46.4 Å². The van der Waals surface area contributed by atoms with Crippen LogP contribution in [0.2, 0.25) is 0 Å². The number of alkyl halides is 3. The summed E-state index contributed by atoms with van der Waals surface area (Å²) in [5.74, 6) is -0.475. The number of ether oxygens (including phenoxy) is 1. The summed E-state index contributed by atoms with van der Waals surface area (Å²) in [6, 6.07) is 3.06. The van der Waals surface area contributed by atoms with Crippen LogP contribution in [0.5, 0.6) is 5.88 Å². The Kier molecular flexibility index (Phi) is 7.43. The molecule has 1 aromatic heterocycles. The molecule has 1 fully saturated rings. The number of halogens is 3. The minimum absolute atomic E-state index is 0.00244. The van der Waals surface area contributed by atoms with E-state index in [9.17, 15) is 18.0 Å². The Morgan fingerprint density at radius 1 is 1.30 bits per heavy atom. The summed E-state index contributed by atoms with van der Waals surface area (Å²) in [7, 11) is 2.08. The molecule has 1 amide bonds. The largest absolute Gasteiger partial charge is 0.467 e. The number of carbonyl (C=O) groups excluding carboxylic acids is 1. The van der Waals surface area contributed by atoms with E-state index in [1.54, 1.807) is 0 Å². The smallest absolute Gasteiger partial charge is 0.422 e. The van der Waals surface area contributed by atoms with E-state index in [0.717, 1.165) is 26.2 Å². The zero-order chi connectivity index (χ0) is 20.0. The van der Waals surface area contributed by atoms with E-state index in [1.165, 1.54) is 18.3 Å². The maximum Gasteiger partial charge on any atom is 0.422 e. The van der Waals surface area contributed by atoms with Crippen LogP contribution in [0.4, 0.5) is 13.2 Å². The third kappa shape index (κ3) is 6.66. The fraction of sp³-hybridized carbons (Fsp3) is 0.667. The van der Waals surface area contributed by atoms with Crippen LogP contribution < -0.4 is 10.1 Å². The number of rotatable bonds is 7. The number of hydrogen-bond acceptors (Lipinski definition) is 5. The van der Waals surface area contributed by atoms with Gasteiger partial charge in [0.25, 0.3) is 5.91 Å². The van der Waals surface area contributed by atoms with Crippen molar-refractivity contribution >= 4 is 5.91 Å². The number of nitrogens with zero attached hydrogens (tertiary/aromatic N) is 3. The monoisotopic (exact) mass is 388 g/mol. The Hall–Kier alpha value is -1.87. The van der Waals surface area contributed by atoms with Crippen LogP contribution in [0.3, 0.4) is 0 Å².